The summed E-state index contributed by atoms with van der Waals surface area (Å²) in [6.07, 6.45) is 3.57. The third-order valence-corrected chi connectivity index (χ3v) is 3.12. The highest BCUT2D eigenvalue weighted by atomic mass is 79.9. The van der Waals surface area contributed by atoms with Crippen LogP contribution < -0.4 is 5.32 Å². The minimum absolute atomic E-state index is 0.222. The number of carboxylic acid groups (broad SMARTS) is 1. The van der Waals surface area contributed by atoms with E-state index in [2.05, 4.69) is 21.2 Å². The van der Waals surface area contributed by atoms with Crippen molar-refractivity contribution in [2.75, 3.05) is 6.54 Å². The number of benzene rings is 1. The lowest BCUT2D eigenvalue weighted by Gasteiger charge is -2.05. The number of hydrogen-bond acceptors (Lipinski definition) is 2. The number of nitrogens with one attached hydrogen (secondary N) is 1. The molecular formula is C14H16BrNO3. The van der Waals surface area contributed by atoms with E-state index in [1.165, 1.54) is 6.08 Å². The predicted molar refractivity (Wildman–Crippen MR) is 77.6 cm³/mol. The number of carbonyl (C=O) groups is 2. The maximum Gasteiger partial charge on any atom is 0.306 e. The Morgan fingerprint density at radius 3 is 2.58 bits per heavy atom. The first-order valence-corrected chi connectivity index (χ1v) is 6.72. The van der Waals surface area contributed by atoms with E-state index in [4.69, 9.17) is 5.11 Å². The summed E-state index contributed by atoms with van der Waals surface area (Å²) in [6.45, 7) is 1.98. The molecule has 1 amide bonds. The molecule has 1 atom stereocenters. The van der Waals surface area contributed by atoms with Gasteiger partial charge in [0.05, 0.1) is 5.92 Å². The Morgan fingerprint density at radius 2 is 2.00 bits per heavy atom. The average Bonchev–Trinajstić information content (AvgIpc) is 2.37. The highest BCUT2D eigenvalue weighted by Crippen LogP contribution is 2.11. The number of halogens is 1. The maximum atomic E-state index is 11.5. The van der Waals surface area contributed by atoms with E-state index in [-0.39, 0.29) is 5.91 Å². The summed E-state index contributed by atoms with van der Waals surface area (Å²) in [5.41, 5.74) is 0.928. The normalized spacial score (nSPS) is 12.3. The van der Waals surface area contributed by atoms with Crippen LogP contribution >= 0.6 is 15.9 Å². The topological polar surface area (TPSA) is 66.4 Å². The van der Waals surface area contributed by atoms with Crippen LogP contribution in [0.4, 0.5) is 0 Å². The van der Waals surface area contributed by atoms with Crippen molar-refractivity contribution in [1.82, 2.24) is 5.32 Å². The fraction of sp³-hybridized carbons (Fsp3) is 0.286. The van der Waals surface area contributed by atoms with Crippen molar-refractivity contribution in [2.45, 2.75) is 13.3 Å². The molecular weight excluding hydrogens is 310 g/mol. The predicted octanol–water partition coefficient (Wildman–Crippen LogP) is 2.69. The maximum absolute atomic E-state index is 11.5. The molecule has 0 aromatic heterocycles. The van der Waals surface area contributed by atoms with Crippen molar-refractivity contribution in [3.05, 3.63) is 40.4 Å². The Hall–Kier alpha value is -1.62. The van der Waals surface area contributed by atoms with E-state index in [1.807, 2.05) is 24.3 Å². The largest absolute Gasteiger partial charge is 0.481 e. The monoisotopic (exact) mass is 325 g/mol. The average molecular weight is 326 g/mol. The highest BCUT2D eigenvalue weighted by Gasteiger charge is 2.09. The van der Waals surface area contributed by atoms with Crippen LogP contribution in [-0.2, 0) is 9.59 Å². The summed E-state index contributed by atoms with van der Waals surface area (Å²) < 4.78 is 0.983. The van der Waals surface area contributed by atoms with Crippen LogP contribution in [0.1, 0.15) is 18.9 Å². The van der Waals surface area contributed by atoms with Gasteiger partial charge in [-0.2, -0.15) is 0 Å². The van der Waals surface area contributed by atoms with Gasteiger partial charge in [-0.15, -0.1) is 0 Å². The third-order valence-electron chi connectivity index (χ3n) is 2.60. The summed E-state index contributed by atoms with van der Waals surface area (Å²) in [7, 11) is 0. The number of carboxylic acids is 1. The Bertz CT molecular complexity index is 468. The van der Waals surface area contributed by atoms with Crippen LogP contribution in [0.2, 0.25) is 0 Å². The first-order valence-electron chi connectivity index (χ1n) is 5.93. The standard InChI is InChI=1S/C14H16BrNO3/c1-10(14(18)19)8-9-16-13(17)7-4-11-2-5-12(15)6-3-11/h2-7,10H,8-9H2,1H3,(H,16,17)(H,18,19)/b7-4+. The molecule has 0 aliphatic carbocycles. The van der Waals surface area contributed by atoms with Crippen molar-refractivity contribution in [3.8, 4) is 0 Å². The molecule has 0 saturated carbocycles. The zero-order chi connectivity index (χ0) is 14.3. The zero-order valence-corrected chi connectivity index (χ0v) is 12.2. The van der Waals surface area contributed by atoms with E-state index in [0.717, 1.165) is 10.0 Å². The molecule has 5 heteroatoms. The molecule has 1 unspecified atom stereocenters. The second kappa shape index (κ2) is 7.74. The molecule has 102 valence electrons. The zero-order valence-electron chi connectivity index (χ0n) is 10.6. The summed E-state index contributed by atoms with van der Waals surface area (Å²) in [5.74, 6) is -1.52. The van der Waals surface area contributed by atoms with E-state index < -0.39 is 11.9 Å². The van der Waals surface area contributed by atoms with Crippen LogP contribution in [0, 0.1) is 5.92 Å². The van der Waals surface area contributed by atoms with Gasteiger partial charge in [-0.1, -0.05) is 35.0 Å². The van der Waals surface area contributed by atoms with Crippen molar-refractivity contribution < 1.29 is 14.7 Å². The molecule has 19 heavy (non-hydrogen) atoms. The third kappa shape index (κ3) is 6.20. The molecule has 1 aromatic carbocycles. The summed E-state index contributed by atoms with van der Waals surface area (Å²) in [6, 6.07) is 7.57. The second-order valence-electron chi connectivity index (χ2n) is 4.20. The molecule has 0 heterocycles. The SMILES string of the molecule is CC(CCNC(=O)/C=C/c1ccc(Br)cc1)C(=O)O. The smallest absolute Gasteiger partial charge is 0.306 e. The van der Waals surface area contributed by atoms with E-state index in [0.29, 0.717) is 13.0 Å². The lowest BCUT2D eigenvalue weighted by atomic mass is 10.1. The number of hydrogen-bond donors (Lipinski definition) is 2. The number of amides is 1. The van der Waals surface area contributed by atoms with Crippen LogP contribution in [-0.4, -0.2) is 23.5 Å². The first kappa shape index (κ1) is 15.4. The fourth-order valence-electron chi connectivity index (χ4n) is 1.34. The minimum atomic E-state index is -0.848. The highest BCUT2D eigenvalue weighted by molar-refractivity contribution is 9.10. The van der Waals surface area contributed by atoms with Crippen LogP contribution in [0.3, 0.4) is 0 Å². The minimum Gasteiger partial charge on any atom is -0.481 e. The molecule has 0 radical (unpaired) electrons. The van der Waals surface area contributed by atoms with Gasteiger partial charge in [0.15, 0.2) is 0 Å². The second-order valence-corrected chi connectivity index (χ2v) is 5.12. The molecule has 1 aromatic rings. The van der Waals surface area contributed by atoms with Crippen molar-refractivity contribution in [3.63, 3.8) is 0 Å². The quantitative estimate of drug-likeness (QED) is 0.790. The molecule has 2 N–H and O–H groups in total. The molecule has 4 nitrogen and oxygen atoms in total. The van der Waals surface area contributed by atoms with E-state index in [9.17, 15) is 9.59 Å². The van der Waals surface area contributed by atoms with Crippen LogP contribution in [0.15, 0.2) is 34.8 Å². The van der Waals surface area contributed by atoms with Gasteiger partial charge in [0.1, 0.15) is 0 Å². The van der Waals surface area contributed by atoms with Crippen LogP contribution in [0.25, 0.3) is 6.08 Å². The van der Waals surface area contributed by atoms with Gasteiger partial charge in [0.2, 0.25) is 5.91 Å². The number of rotatable bonds is 6. The number of carbonyl (C=O) groups excluding carboxylic acids is 1. The van der Waals surface area contributed by atoms with E-state index in [1.54, 1.807) is 13.0 Å². The molecule has 0 bridgehead atoms. The Balaban J connectivity index is 2.35. The van der Waals surface area contributed by atoms with Crippen molar-refractivity contribution >= 4 is 33.9 Å². The Morgan fingerprint density at radius 1 is 1.37 bits per heavy atom. The summed E-state index contributed by atoms with van der Waals surface area (Å²) in [5, 5.41) is 11.3. The van der Waals surface area contributed by atoms with Gasteiger partial charge in [0, 0.05) is 17.1 Å². The van der Waals surface area contributed by atoms with Gasteiger partial charge < -0.3 is 10.4 Å². The molecule has 0 spiro atoms. The summed E-state index contributed by atoms with van der Waals surface area (Å²) in [4.78, 5) is 22.1. The molecule has 1 rings (SSSR count). The molecule has 0 saturated heterocycles. The first-order chi connectivity index (χ1) is 8.99. The van der Waals surface area contributed by atoms with Crippen molar-refractivity contribution in [1.29, 1.82) is 0 Å². The van der Waals surface area contributed by atoms with Gasteiger partial charge in [-0.05, 0) is 30.2 Å². The van der Waals surface area contributed by atoms with Gasteiger partial charge in [-0.25, -0.2) is 0 Å². The Labute approximate surface area is 120 Å². The van der Waals surface area contributed by atoms with E-state index >= 15 is 0 Å². The number of aliphatic carboxylic acids is 1. The lowest BCUT2D eigenvalue weighted by molar-refractivity contribution is -0.141. The molecule has 0 aliphatic rings. The lowest BCUT2D eigenvalue weighted by Crippen LogP contribution is -2.25. The molecule has 0 fully saturated rings. The van der Waals surface area contributed by atoms with Crippen LogP contribution in [0.5, 0.6) is 0 Å². The van der Waals surface area contributed by atoms with Gasteiger partial charge >= 0.3 is 5.97 Å². The van der Waals surface area contributed by atoms with Crippen molar-refractivity contribution in [2.24, 2.45) is 5.92 Å². The molecule has 0 aliphatic heterocycles. The fourth-order valence-corrected chi connectivity index (χ4v) is 1.60. The Kier molecular flexibility index (Phi) is 6.29. The van der Waals surface area contributed by atoms with Gasteiger partial charge in [0.25, 0.3) is 0 Å². The van der Waals surface area contributed by atoms with Gasteiger partial charge in [-0.3, -0.25) is 9.59 Å². The summed E-state index contributed by atoms with van der Waals surface area (Å²) >= 11 is 3.33.